The van der Waals surface area contributed by atoms with Gasteiger partial charge >= 0.3 is 6.03 Å². The zero-order valence-electron chi connectivity index (χ0n) is 19.0. The molecule has 1 atom stereocenters. The van der Waals surface area contributed by atoms with Crippen LogP contribution in [0.25, 0.3) is 5.69 Å². The van der Waals surface area contributed by atoms with Gasteiger partial charge in [-0.2, -0.15) is 0 Å². The molecule has 0 spiro atoms. The molecule has 1 saturated carbocycles. The fourth-order valence-corrected chi connectivity index (χ4v) is 4.99. The van der Waals surface area contributed by atoms with Crippen LogP contribution in [0.3, 0.4) is 0 Å². The van der Waals surface area contributed by atoms with Gasteiger partial charge < -0.3 is 10.6 Å². The maximum atomic E-state index is 12.6. The molecule has 1 aliphatic carbocycles. The summed E-state index contributed by atoms with van der Waals surface area (Å²) in [6, 6.07) is 15.8. The Hall–Kier alpha value is -3.40. The molecule has 3 aromatic rings. The number of benzene rings is 2. The molecule has 0 saturated heterocycles. The Kier molecular flexibility index (Phi) is 7.79. The van der Waals surface area contributed by atoms with Gasteiger partial charge in [0.2, 0.25) is 0 Å². The molecule has 1 fully saturated rings. The summed E-state index contributed by atoms with van der Waals surface area (Å²) in [6.07, 6.45) is 5.49. The highest BCUT2D eigenvalue weighted by molar-refractivity contribution is 7.98. The first-order valence-electron chi connectivity index (χ1n) is 11.4. The van der Waals surface area contributed by atoms with Crippen LogP contribution in [0.4, 0.5) is 10.5 Å². The van der Waals surface area contributed by atoms with Crippen LogP contribution in [0.1, 0.15) is 56.5 Å². The molecule has 1 aliphatic rings. The van der Waals surface area contributed by atoms with Gasteiger partial charge in [0, 0.05) is 29.6 Å². The predicted molar refractivity (Wildman–Crippen MR) is 131 cm³/mol. The molecule has 1 aromatic heterocycles. The second kappa shape index (κ2) is 11.1. The molecule has 2 aromatic carbocycles. The summed E-state index contributed by atoms with van der Waals surface area (Å²) in [6.45, 7) is 1.86. The molecular weight excluding hydrogens is 452 g/mol. The Morgan fingerprint density at radius 3 is 2.50 bits per heavy atom. The minimum atomic E-state index is -0.429. The average molecular weight is 481 g/mol. The van der Waals surface area contributed by atoms with Crippen molar-refractivity contribution in [3.05, 3.63) is 76.1 Å². The number of thioether (sulfide) groups is 1. The average Bonchev–Trinajstić information content (AvgIpc) is 3.28. The number of hydrogen-bond donors (Lipinski definition) is 2. The van der Waals surface area contributed by atoms with Crippen molar-refractivity contribution in [3.63, 3.8) is 0 Å². The monoisotopic (exact) mass is 480 g/mol. The third-order valence-electron chi connectivity index (χ3n) is 5.86. The van der Waals surface area contributed by atoms with Crippen molar-refractivity contribution in [2.45, 2.75) is 62.0 Å². The summed E-state index contributed by atoms with van der Waals surface area (Å²) < 4.78 is 1.85. The minimum Gasteiger partial charge on any atom is -0.335 e. The molecule has 178 valence electrons. The lowest BCUT2D eigenvalue weighted by molar-refractivity contribution is -0.384. The standard InChI is InChI=1S/C24H28N6O3S/c1-17(25-23(31)26-19-10-6-3-7-11-19)22-27-28-24(34-16-18-8-4-2-5-9-18)29(22)20-12-14-21(15-13-20)30(32)33/h2,4-5,8-9,12-15,17,19H,3,6-7,10-11,16H2,1H3,(H2,25,26,31). The van der Waals surface area contributed by atoms with Gasteiger partial charge in [-0.15, -0.1) is 10.2 Å². The summed E-state index contributed by atoms with van der Waals surface area (Å²) >= 11 is 1.52. The lowest BCUT2D eigenvalue weighted by Gasteiger charge is -2.24. The normalized spacial score (nSPS) is 15.0. The van der Waals surface area contributed by atoms with E-state index in [0.717, 1.165) is 31.2 Å². The number of nitro benzene ring substituents is 1. The van der Waals surface area contributed by atoms with Crippen LogP contribution in [-0.2, 0) is 5.75 Å². The number of non-ortho nitro benzene ring substituents is 1. The summed E-state index contributed by atoms with van der Waals surface area (Å²) in [5.74, 6) is 1.25. The number of nitrogens with zero attached hydrogens (tertiary/aromatic N) is 4. The van der Waals surface area contributed by atoms with E-state index in [1.165, 1.54) is 30.3 Å². The predicted octanol–water partition coefficient (Wildman–Crippen LogP) is 5.16. The second-order valence-electron chi connectivity index (χ2n) is 8.40. The fraction of sp³-hybridized carbons (Fsp3) is 0.375. The molecule has 1 unspecified atom stereocenters. The molecule has 0 bridgehead atoms. The van der Waals surface area contributed by atoms with Crippen molar-refractivity contribution >= 4 is 23.5 Å². The van der Waals surface area contributed by atoms with E-state index in [4.69, 9.17) is 0 Å². The van der Waals surface area contributed by atoms with E-state index in [-0.39, 0.29) is 17.8 Å². The fourth-order valence-electron chi connectivity index (χ4n) is 4.08. The highest BCUT2D eigenvalue weighted by Gasteiger charge is 2.23. The highest BCUT2D eigenvalue weighted by atomic mass is 32.2. The summed E-state index contributed by atoms with van der Waals surface area (Å²) in [7, 11) is 0. The quantitative estimate of drug-likeness (QED) is 0.261. The van der Waals surface area contributed by atoms with E-state index in [2.05, 4.69) is 20.8 Å². The van der Waals surface area contributed by atoms with Crippen molar-refractivity contribution < 1.29 is 9.72 Å². The van der Waals surface area contributed by atoms with Crippen molar-refractivity contribution in [1.29, 1.82) is 0 Å². The van der Waals surface area contributed by atoms with E-state index >= 15 is 0 Å². The number of hydrogen-bond acceptors (Lipinski definition) is 6. The Balaban J connectivity index is 1.55. The van der Waals surface area contributed by atoms with E-state index < -0.39 is 11.0 Å². The Morgan fingerprint density at radius 2 is 1.82 bits per heavy atom. The van der Waals surface area contributed by atoms with Crippen LogP contribution < -0.4 is 10.6 Å². The van der Waals surface area contributed by atoms with E-state index in [0.29, 0.717) is 22.4 Å². The molecule has 0 radical (unpaired) electrons. The van der Waals surface area contributed by atoms with Crippen LogP contribution in [0.2, 0.25) is 0 Å². The minimum absolute atomic E-state index is 0.00916. The smallest absolute Gasteiger partial charge is 0.315 e. The molecule has 1 heterocycles. The van der Waals surface area contributed by atoms with Crippen LogP contribution in [0.15, 0.2) is 59.8 Å². The van der Waals surface area contributed by atoms with E-state index in [1.807, 2.05) is 41.8 Å². The van der Waals surface area contributed by atoms with Crippen LogP contribution >= 0.6 is 11.8 Å². The lowest BCUT2D eigenvalue weighted by Crippen LogP contribution is -2.44. The van der Waals surface area contributed by atoms with Gasteiger partial charge in [-0.05, 0) is 37.5 Å². The molecule has 0 aliphatic heterocycles. The van der Waals surface area contributed by atoms with Gasteiger partial charge in [-0.3, -0.25) is 14.7 Å². The number of nitro groups is 1. The summed E-state index contributed by atoms with van der Waals surface area (Å²) in [5.41, 5.74) is 1.85. The molecule has 2 N–H and O–H groups in total. The van der Waals surface area contributed by atoms with Gasteiger partial charge in [0.1, 0.15) is 0 Å². The first-order valence-corrected chi connectivity index (χ1v) is 12.4. The van der Waals surface area contributed by atoms with E-state index in [1.54, 1.807) is 12.1 Å². The number of aromatic nitrogens is 3. The highest BCUT2D eigenvalue weighted by Crippen LogP contribution is 2.28. The van der Waals surface area contributed by atoms with Gasteiger partial charge in [0.05, 0.1) is 11.0 Å². The molecule has 9 nitrogen and oxygen atoms in total. The number of rotatable bonds is 8. The SMILES string of the molecule is CC(NC(=O)NC1CCCCC1)c1nnc(SCc2ccccc2)n1-c1ccc([N+](=O)[O-])cc1. The summed E-state index contributed by atoms with van der Waals surface area (Å²) in [4.78, 5) is 23.3. The number of carbonyl (C=O) groups is 1. The van der Waals surface area contributed by atoms with Crippen molar-refractivity contribution in [1.82, 2.24) is 25.4 Å². The second-order valence-corrected chi connectivity index (χ2v) is 9.34. The van der Waals surface area contributed by atoms with Crippen LogP contribution in [-0.4, -0.2) is 31.8 Å². The maximum absolute atomic E-state index is 12.6. The van der Waals surface area contributed by atoms with Crippen molar-refractivity contribution in [3.8, 4) is 5.69 Å². The number of carbonyl (C=O) groups excluding carboxylic acids is 1. The molecule has 10 heteroatoms. The molecule has 2 amide bonds. The zero-order valence-corrected chi connectivity index (χ0v) is 19.8. The molecular formula is C24H28N6O3S. The lowest BCUT2D eigenvalue weighted by atomic mass is 9.96. The number of amides is 2. The largest absolute Gasteiger partial charge is 0.335 e. The number of nitrogens with one attached hydrogen (secondary N) is 2. The van der Waals surface area contributed by atoms with Crippen LogP contribution in [0, 0.1) is 10.1 Å². The van der Waals surface area contributed by atoms with Gasteiger partial charge in [0.25, 0.3) is 5.69 Å². The third-order valence-corrected chi connectivity index (χ3v) is 6.86. The summed E-state index contributed by atoms with van der Waals surface area (Å²) in [5, 5.41) is 26.5. The van der Waals surface area contributed by atoms with Crippen LogP contribution in [0.5, 0.6) is 0 Å². The van der Waals surface area contributed by atoms with Gasteiger partial charge in [-0.1, -0.05) is 61.4 Å². The zero-order chi connectivity index (χ0) is 23.9. The Labute approximate surface area is 202 Å². The first kappa shape index (κ1) is 23.7. The molecule has 34 heavy (non-hydrogen) atoms. The number of urea groups is 1. The van der Waals surface area contributed by atoms with Crippen molar-refractivity contribution in [2.75, 3.05) is 0 Å². The van der Waals surface area contributed by atoms with E-state index in [9.17, 15) is 14.9 Å². The van der Waals surface area contributed by atoms with Crippen molar-refractivity contribution in [2.24, 2.45) is 0 Å². The molecule has 4 rings (SSSR count). The van der Waals surface area contributed by atoms with Gasteiger partial charge in [-0.25, -0.2) is 4.79 Å². The first-order chi connectivity index (χ1) is 16.5. The van der Waals surface area contributed by atoms with Gasteiger partial charge in [0.15, 0.2) is 11.0 Å². The third kappa shape index (κ3) is 5.93. The topological polar surface area (TPSA) is 115 Å². The maximum Gasteiger partial charge on any atom is 0.315 e. The Morgan fingerprint density at radius 1 is 1.12 bits per heavy atom. The Bertz CT molecular complexity index is 1110.